The number of hydrogen-bond acceptors (Lipinski definition) is 5. The summed E-state index contributed by atoms with van der Waals surface area (Å²) in [5, 5.41) is 11.2. The maximum Gasteiger partial charge on any atom is 0.131 e. The lowest BCUT2D eigenvalue weighted by molar-refractivity contribution is 0.746. The van der Waals surface area contributed by atoms with Crippen molar-refractivity contribution in [1.82, 2.24) is 19.7 Å². The van der Waals surface area contributed by atoms with Gasteiger partial charge in [0.1, 0.15) is 18.0 Å². The molecule has 1 saturated carbocycles. The van der Waals surface area contributed by atoms with E-state index in [4.69, 9.17) is 0 Å². The zero-order chi connectivity index (χ0) is 14.7. The standard InChI is InChI=1S/C15H22N6/c1-3-13-12(9-21(2)20-13)8-17-15-6-14(18-10-19-15)16-7-11-4-5-11/h6,9-11H,3-5,7-8H2,1-2H3,(H2,16,17,18,19). The van der Waals surface area contributed by atoms with E-state index in [9.17, 15) is 0 Å². The summed E-state index contributed by atoms with van der Waals surface area (Å²) in [5.41, 5.74) is 2.34. The predicted octanol–water partition coefficient (Wildman–Crippen LogP) is 2.21. The Morgan fingerprint density at radius 3 is 2.71 bits per heavy atom. The van der Waals surface area contributed by atoms with Crippen LogP contribution in [0.3, 0.4) is 0 Å². The van der Waals surface area contributed by atoms with Gasteiger partial charge in [0.25, 0.3) is 0 Å². The van der Waals surface area contributed by atoms with Crippen molar-refractivity contribution in [2.75, 3.05) is 17.2 Å². The quantitative estimate of drug-likeness (QED) is 0.817. The van der Waals surface area contributed by atoms with Crippen LogP contribution in [-0.2, 0) is 20.0 Å². The van der Waals surface area contributed by atoms with E-state index in [1.54, 1.807) is 6.33 Å². The largest absolute Gasteiger partial charge is 0.370 e. The van der Waals surface area contributed by atoms with Crippen LogP contribution in [0.5, 0.6) is 0 Å². The van der Waals surface area contributed by atoms with E-state index in [0.717, 1.165) is 42.8 Å². The van der Waals surface area contributed by atoms with Crippen molar-refractivity contribution in [2.45, 2.75) is 32.7 Å². The second-order valence-electron chi connectivity index (χ2n) is 5.59. The fourth-order valence-electron chi connectivity index (χ4n) is 2.34. The van der Waals surface area contributed by atoms with Gasteiger partial charge < -0.3 is 10.6 Å². The summed E-state index contributed by atoms with van der Waals surface area (Å²) in [4.78, 5) is 8.52. The highest BCUT2D eigenvalue weighted by Gasteiger charge is 2.20. The second-order valence-corrected chi connectivity index (χ2v) is 5.59. The Balaban J connectivity index is 1.59. The van der Waals surface area contributed by atoms with Crippen molar-refractivity contribution in [3.8, 4) is 0 Å². The monoisotopic (exact) mass is 286 g/mol. The average molecular weight is 286 g/mol. The fraction of sp³-hybridized carbons (Fsp3) is 0.533. The van der Waals surface area contributed by atoms with E-state index in [2.05, 4.69) is 38.8 Å². The lowest BCUT2D eigenvalue weighted by Gasteiger charge is -2.08. The Bertz CT molecular complexity index is 602. The Kier molecular flexibility index (Phi) is 4.03. The SMILES string of the molecule is CCc1nn(C)cc1CNc1cc(NCC2CC2)ncn1. The number of rotatable bonds is 7. The van der Waals surface area contributed by atoms with Crippen molar-refractivity contribution in [3.63, 3.8) is 0 Å². The maximum absolute atomic E-state index is 4.45. The topological polar surface area (TPSA) is 67.7 Å². The van der Waals surface area contributed by atoms with Gasteiger partial charge in [-0.1, -0.05) is 6.92 Å². The molecule has 0 bridgehead atoms. The first-order valence-electron chi connectivity index (χ1n) is 7.55. The molecule has 6 nitrogen and oxygen atoms in total. The molecular formula is C15H22N6. The summed E-state index contributed by atoms with van der Waals surface area (Å²) >= 11 is 0. The molecule has 112 valence electrons. The summed E-state index contributed by atoms with van der Waals surface area (Å²) in [6.07, 6.45) is 7.27. The molecule has 3 rings (SSSR count). The van der Waals surface area contributed by atoms with Gasteiger partial charge in [0.15, 0.2) is 0 Å². The molecule has 2 aromatic rings. The zero-order valence-electron chi connectivity index (χ0n) is 12.6. The Labute approximate surface area is 125 Å². The molecule has 2 heterocycles. The molecular weight excluding hydrogens is 264 g/mol. The van der Waals surface area contributed by atoms with Crippen LogP contribution < -0.4 is 10.6 Å². The fourth-order valence-corrected chi connectivity index (χ4v) is 2.34. The van der Waals surface area contributed by atoms with E-state index >= 15 is 0 Å². The molecule has 2 aromatic heterocycles. The predicted molar refractivity (Wildman–Crippen MR) is 83.2 cm³/mol. The third-order valence-corrected chi connectivity index (χ3v) is 3.72. The first kappa shape index (κ1) is 13.9. The second kappa shape index (κ2) is 6.11. The molecule has 6 heteroatoms. The van der Waals surface area contributed by atoms with Crippen LogP contribution in [0.4, 0.5) is 11.6 Å². The Hall–Kier alpha value is -2.11. The molecule has 0 aromatic carbocycles. The molecule has 0 amide bonds. The van der Waals surface area contributed by atoms with Crippen LogP contribution in [0.25, 0.3) is 0 Å². The van der Waals surface area contributed by atoms with Crippen molar-refractivity contribution in [2.24, 2.45) is 13.0 Å². The average Bonchev–Trinajstić information content (AvgIpc) is 3.25. The van der Waals surface area contributed by atoms with Gasteiger partial charge in [0.05, 0.1) is 5.69 Å². The van der Waals surface area contributed by atoms with E-state index in [1.807, 2.05) is 17.8 Å². The molecule has 1 aliphatic rings. The van der Waals surface area contributed by atoms with Gasteiger partial charge in [0, 0.05) is 38.0 Å². The molecule has 0 radical (unpaired) electrons. The molecule has 1 fully saturated rings. The number of anilines is 2. The number of nitrogens with one attached hydrogen (secondary N) is 2. The van der Waals surface area contributed by atoms with Crippen LogP contribution in [0, 0.1) is 5.92 Å². The van der Waals surface area contributed by atoms with Gasteiger partial charge in [-0.3, -0.25) is 4.68 Å². The van der Waals surface area contributed by atoms with Crippen LogP contribution >= 0.6 is 0 Å². The minimum atomic E-state index is 0.732. The first-order valence-corrected chi connectivity index (χ1v) is 7.55. The van der Waals surface area contributed by atoms with Gasteiger partial charge in [-0.15, -0.1) is 0 Å². The molecule has 2 N–H and O–H groups in total. The molecule has 1 aliphatic carbocycles. The number of nitrogens with zero attached hydrogens (tertiary/aromatic N) is 4. The Morgan fingerprint density at radius 1 is 1.24 bits per heavy atom. The van der Waals surface area contributed by atoms with Crippen molar-refractivity contribution in [3.05, 3.63) is 29.8 Å². The smallest absolute Gasteiger partial charge is 0.131 e. The molecule has 0 unspecified atom stereocenters. The van der Waals surface area contributed by atoms with Crippen LogP contribution in [0.15, 0.2) is 18.6 Å². The van der Waals surface area contributed by atoms with E-state index in [-0.39, 0.29) is 0 Å². The molecule has 0 aliphatic heterocycles. The van der Waals surface area contributed by atoms with E-state index in [1.165, 1.54) is 18.4 Å². The van der Waals surface area contributed by atoms with Crippen molar-refractivity contribution in [1.29, 1.82) is 0 Å². The molecule has 0 spiro atoms. The van der Waals surface area contributed by atoms with Gasteiger partial charge in [0.2, 0.25) is 0 Å². The number of aryl methyl sites for hydroxylation is 2. The first-order chi connectivity index (χ1) is 10.2. The lowest BCUT2D eigenvalue weighted by atomic mass is 10.2. The van der Waals surface area contributed by atoms with Crippen LogP contribution in [0.1, 0.15) is 31.0 Å². The number of hydrogen-bond donors (Lipinski definition) is 2. The maximum atomic E-state index is 4.45. The molecule has 21 heavy (non-hydrogen) atoms. The zero-order valence-corrected chi connectivity index (χ0v) is 12.6. The van der Waals surface area contributed by atoms with Crippen molar-refractivity contribution < 1.29 is 0 Å². The van der Waals surface area contributed by atoms with E-state index < -0.39 is 0 Å². The lowest BCUT2D eigenvalue weighted by Crippen LogP contribution is -2.07. The van der Waals surface area contributed by atoms with Gasteiger partial charge in [-0.05, 0) is 25.2 Å². The Morgan fingerprint density at radius 2 is 2.00 bits per heavy atom. The van der Waals surface area contributed by atoms with Crippen molar-refractivity contribution >= 4 is 11.6 Å². The molecule has 0 atom stereocenters. The summed E-state index contributed by atoms with van der Waals surface area (Å²) in [7, 11) is 1.95. The third kappa shape index (κ3) is 3.71. The molecule has 0 saturated heterocycles. The summed E-state index contributed by atoms with van der Waals surface area (Å²) in [6.45, 7) is 3.87. The summed E-state index contributed by atoms with van der Waals surface area (Å²) in [5.74, 6) is 2.56. The highest BCUT2D eigenvalue weighted by molar-refractivity contribution is 5.46. The van der Waals surface area contributed by atoms with Crippen LogP contribution in [-0.4, -0.2) is 26.3 Å². The summed E-state index contributed by atoms with van der Waals surface area (Å²) in [6, 6.07) is 1.96. The minimum absolute atomic E-state index is 0.732. The highest BCUT2D eigenvalue weighted by Crippen LogP contribution is 2.28. The third-order valence-electron chi connectivity index (χ3n) is 3.72. The van der Waals surface area contributed by atoms with Gasteiger partial charge in [-0.25, -0.2) is 9.97 Å². The highest BCUT2D eigenvalue weighted by atomic mass is 15.3. The summed E-state index contributed by atoms with van der Waals surface area (Å²) < 4.78 is 1.86. The minimum Gasteiger partial charge on any atom is -0.370 e. The van der Waals surface area contributed by atoms with Gasteiger partial charge in [-0.2, -0.15) is 5.10 Å². The van der Waals surface area contributed by atoms with E-state index in [0.29, 0.717) is 0 Å². The normalized spacial score (nSPS) is 14.2. The number of aromatic nitrogens is 4. The van der Waals surface area contributed by atoms with Gasteiger partial charge >= 0.3 is 0 Å². The van der Waals surface area contributed by atoms with Crippen LogP contribution in [0.2, 0.25) is 0 Å².